The summed E-state index contributed by atoms with van der Waals surface area (Å²) in [4.78, 5) is 45.6. The summed E-state index contributed by atoms with van der Waals surface area (Å²) in [6.07, 6.45) is 1.12. The third-order valence-electron chi connectivity index (χ3n) is 5.32. The summed E-state index contributed by atoms with van der Waals surface area (Å²) in [5, 5.41) is 0. The fourth-order valence-corrected chi connectivity index (χ4v) is 3.38. The fourth-order valence-electron chi connectivity index (χ4n) is 3.38. The van der Waals surface area contributed by atoms with E-state index in [0.717, 1.165) is 22.8 Å². The van der Waals surface area contributed by atoms with Crippen LogP contribution in [0.1, 0.15) is 41.5 Å². The van der Waals surface area contributed by atoms with Gasteiger partial charge in [0.2, 0.25) is 0 Å². The second-order valence-corrected chi connectivity index (χ2v) is 7.36. The number of hydrogen-bond acceptors (Lipinski definition) is 6. The first kappa shape index (κ1) is 21.5. The van der Waals surface area contributed by atoms with E-state index >= 15 is 0 Å². The van der Waals surface area contributed by atoms with Crippen LogP contribution >= 0.6 is 0 Å². The van der Waals surface area contributed by atoms with Crippen molar-refractivity contribution in [3.8, 4) is 11.4 Å². The van der Waals surface area contributed by atoms with Crippen LogP contribution in [-0.4, -0.2) is 59.0 Å². The second-order valence-electron chi connectivity index (χ2n) is 7.36. The molecule has 0 unspecified atom stereocenters. The average molecular weight is 413 g/mol. The number of carbonyl (C=O) groups excluding carboxylic acids is 3. The lowest BCUT2D eigenvalue weighted by Gasteiger charge is -2.30. The van der Waals surface area contributed by atoms with E-state index in [1.54, 1.807) is 36.1 Å². The van der Waals surface area contributed by atoms with E-state index in [9.17, 15) is 14.4 Å². The summed E-state index contributed by atoms with van der Waals surface area (Å²) < 4.78 is 10.2. The molecule has 0 saturated carbocycles. The predicted molar refractivity (Wildman–Crippen MR) is 110 cm³/mol. The van der Waals surface area contributed by atoms with Gasteiger partial charge in [-0.1, -0.05) is 12.1 Å². The van der Waals surface area contributed by atoms with Crippen molar-refractivity contribution in [1.29, 1.82) is 0 Å². The molecule has 0 bridgehead atoms. The van der Waals surface area contributed by atoms with E-state index in [4.69, 9.17) is 9.47 Å². The number of imidazole rings is 1. The zero-order valence-electron chi connectivity index (χ0n) is 17.6. The lowest BCUT2D eigenvalue weighted by Crippen LogP contribution is -2.42. The van der Waals surface area contributed by atoms with Crippen LogP contribution < -0.4 is 0 Å². The Bertz CT molecular complexity index is 892. The Morgan fingerprint density at radius 2 is 1.77 bits per heavy atom. The van der Waals surface area contributed by atoms with Crippen LogP contribution in [0, 0.1) is 19.8 Å². The Labute approximate surface area is 175 Å². The Morgan fingerprint density at radius 3 is 2.33 bits per heavy atom. The summed E-state index contributed by atoms with van der Waals surface area (Å²) in [5.74, 6) is -0.450. The third kappa shape index (κ3) is 5.06. The fraction of sp³-hybridized carbons (Fsp3) is 0.455. The molecule has 1 aliphatic heterocycles. The van der Waals surface area contributed by atoms with Crippen molar-refractivity contribution in [2.75, 3.05) is 26.3 Å². The van der Waals surface area contributed by atoms with Crippen LogP contribution in [0.5, 0.6) is 0 Å². The summed E-state index contributed by atoms with van der Waals surface area (Å²) in [5.41, 5.74) is 3.16. The monoisotopic (exact) mass is 413 g/mol. The molecule has 1 amide bonds. The molecule has 8 heteroatoms. The molecule has 0 spiro atoms. The number of piperidine rings is 1. The molecule has 30 heavy (non-hydrogen) atoms. The van der Waals surface area contributed by atoms with Gasteiger partial charge >= 0.3 is 11.9 Å². The van der Waals surface area contributed by atoms with Crippen LogP contribution in [0.4, 0.5) is 0 Å². The molecule has 3 rings (SSSR count). The maximum absolute atomic E-state index is 12.3. The zero-order chi connectivity index (χ0) is 21.7. The molecule has 1 aromatic heterocycles. The second kappa shape index (κ2) is 9.56. The smallest absolute Gasteiger partial charge is 0.338 e. The average Bonchev–Trinajstić information content (AvgIpc) is 3.10. The van der Waals surface area contributed by atoms with Crippen molar-refractivity contribution in [1.82, 2.24) is 14.9 Å². The molecule has 2 aromatic rings. The number of carbonyl (C=O) groups is 3. The van der Waals surface area contributed by atoms with Crippen molar-refractivity contribution in [3.63, 3.8) is 0 Å². The van der Waals surface area contributed by atoms with Gasteiger partial charge in [0.15, 0.2) is 6.61 Å². The lowest BCUT2D eigenvalue weighted by atomic mass is 9.97. The highest BCUT2D eigenvalue weighted by Crippen LogP contribution is 2.20. The molecule has 0 aliphatic carbocycles. The van der Waals surface area contributed by atoms with E-state index in [1.165, 1.54) is 0 Å². The van der Waals surface area contributed by atoms with Crippen molar-refractivity contribution >= 4 is 17.8 Å². The molecule has 1 fully saturated rings. The number of ether oxygens (including phenoxy) is 2. The Kier molecular flexibility index (Phi) is 6.87. The number of nitrogens with one attached hydrogen (secondary N) is 1. The molecule has 0 radical (unpaired) electrons. The first-order chi connectivity index (χ1) is 14.4. The molecule has 1 saturated heterocycles. The van der Waals surface area contributed by atoms with Crippen molar-refractivity contribution in [2.24, 2.45) is 5.92 Å². The summed E-state index contributed by atoms with van der Waals surface area (Å²) >= 11 is 0. The molecule has 8 nitrogen and oxygen atoms in total. The van der Waals surface area contributed by atoms with Crippen LogP contribution in [0.25, 0.3) is 11.4 Å². The van der Waals surface area contributed by atoms with Gasteiger partial charge in [-0.15, -0.1) is 0 Å². The standard InChI is InChI=1S/C22H27N3O5/c1-4-29-21(27)18-9-11-25(12-10-18)19(26)13-30-22(28)17-7-5-16(6-8-17)20-23-14(2)15(3)24-20/h5-8,18H,4,9-13H2,1-3H3,(H,23,24). The summed E-state index contributed by atoms with van der Waals surface area (Å²) in [6, 6.07) is 6.88. The van der Waals surface area contributed by atoms with Crippen molar-refractivity contribution in [3.05, 3.63) is 41.2 Å². The van der Waals surface area contributed by atoms with Gasteiger partial charge in [0.1, 0.15) is 5.82 Å². The minimum atomic E-state index is -0.553. The lowest BCUT2D eigenvalue weighted by molar-refractivity contribution is -0.151. The van der Waals surface area contributed by atoms with Crippen LogP contribution in [0.2, 0.25) is 0 Å². The molecular weight excluding hydrogens is 386 g/mol. The summed E-state index contributed by atoms with van der Waals surface area (Å²) in [7, 11) is 0. The topological polar surface area (TPSA) is 102 Å². The highest BCUT2D eigenvalue weighted by molar-refractivity contribution is 5.91. The maximum Gasteiger partial charge on any atom is 0.338 e. The molecular formula is C22H27N3O5. The number of hydrogen-bond donors (Lipinski definition) is 1. The molecule has 2 heterocycles. The number of aryl methyl sites for hydroxylation is 2. The van der Waals surface area contributed by atoms with Gasteiger partial charge in [-0.3, -0.25) is 9.59 Å². The van der Waals surface area contributed by atoms with Crippen molar-refractivity contribution in [2.45, 2.75) is 33.6 Å². The van der Waals surface area contributed by atoms with Gasteiger partial charge in [-0.2, -0.15) is 0 Å². The zero-order valence-corrected chi connectivity index (χ0v) is 17.6. The number of H-pyrrole nitrogens is 1. The predicted octanol–water partition coefficient (Wildman–Crippen LogP) is 2.65. The highest BCUT2D eigenvalue weighted by Gasteiger charge is 2.28. The first-order valence-corrected chi connectivity index (χ1v) is 10.1. The van der Waals surface area contributed by atoms with E-state index in [1.807, 2.05) is 13.8 Å². The van der Waals surface area contributed by atoms with Crippen LogP contribution in [0.3, 0.4) is 0 Å². The minimum Gasteiger partial charge on any atom is -0.466 e. The van der Waals surface area contributed by atoms with Crippen LogP contribution in [-0.2, 0) is 19.1 Å². The van der Waals surface area contributed by atoms with Gasteiger partial charge in [0.05, 0.1) is 23.8 Å². The van der Waals surface area contributed by atoms with Gasteiger partial charge < -0.3 is 19.4 Å². The summed E-state index contributed by atoms with van der Waals surface area (Å²) in [6.45, 7) is 6.60. The van der Waals surface area contributed by atoms with E-state index < -0.39 is 5.97 Å². The van der Waals surface area contributed by atoms with E-state index in [-0.39, 0.29) is 24.4 Å². The number of amides is 1. The number of esters is 2. The van der Waals surface area contributed by atoms with Crippen LogP contribution in [0.15, 0.2) is 24.3 Å². The van der Waals surface area contributed by atoms with Crippen molar-refractivity contribution < 1.29 is 23.9 Å². The molecule has 160 valence electrons. The molecule has 1 aromatic carbocycles. The quantitative estimate of drug-likeness (QED) is 0.731. The largest absolute Gasteiger partial charge is 0.466 e. The number of benzene rings is 1. The molecule has 0 atom stereocenters. The molecule has 1 aliphatic rings. The Hall–Kier alpha value is -3.16. The minimum absolute atomic E-state index is 0.170. The first-order valence-electron chi connectivity index (χ1n) is 10.1. The van der Waals surface area contributed by atoms with Gasteiger partial charge in [-0.05, 0) is 45.7 Å². The van der Waals surface area contributed by atoms with Gasteiger partial charge in [0.25, 0.3) is 5.91 Å². The number of nitrogens with zero attached hydrogens (tertiary/aromatic N) is 2. The maximum atomic E-state index is 12.3. The number of likely N-dealkylation sites (tertiary alicyclic amines) is 1. The van der Waals surface area contributed by atoms with Gasteiger partial charge in [0, 0.05) is 24.3 Å². The Morgan fingerprint density at radius 1 is 1.10 bits per heavy atom. The van der Waals surface area contributed by atoms with E-state index in [0.29, 0.717) is 38.1 Å². The third-order valence-corrected chi connectivity index (χ3v) is 5.32. The SMILES string of the molecule is CCOC(=O)C1CCN(C(=O)COC(=O)c2ccc(-c3nc(C)c(C)[nH]3)cc2)CC1. The number of aromatic nitrogens is 2. The van der Waals surface area contributed by atoms with Gasteiger partial charge in [-0.25, -0.2) is 9.78 Å². The Balaban J connectivity index is 1.48. The number of aromatic amines is 1. The number of rotatable bonds is 6. The normalized spacial score (nSPS) is 14.4. The molecule has 1 N–H and O–H groups in total. The highest BCUT2D eigenvalue weighted by atomic mass is 16.5. The van der Waals surface area contributed by atoms with E-state index in [2.05, 4.69) is 9.97 Å².